The first-order valence-electron chi connectivity index (χ1n) is 6.11. The lowest BCUT2D eigenvalue weighted by Crippen LogP contribution is -2.52. The van der Waals surface area contributed by atoms with Crippen LogP contribution in [0.4, 0.5) is 0 Å². The summed E-state index contributed by atoms with van der Waals surface area (Å²) < 4.78 is 5.35. The molecule has 0 aromatic rings. The first-order chi connectivity index (χ1) is 7.36. The van der Waals surface area contributed by atoms with Gasteiger partial charge in [0.05, 0.1) is 13.2 Å². The molecule has 0 aromatic carbocycles. The highest BCUT2D eigenvalue weighted by molar-refractivity contribution is 5.85. The Bertz CT molecular complexity index is 192. The topological polar surface area (TPSA) is 27.7 Å². The van der Waals surface area contributed by atoms with Crippen LogP contribution in [0, 0.1) is 0 Å². The third kappa shape index (κ3) is 5.73. The molecule has 2 aliphatic heterocycles. The maximum Gasteiger partial charge on any atom is 0.0594 e. The fourth-order valence-electron chi connectivity index (χ4n) is 2.31. The van der Waals surface area contributed by atoms with Gasteiger partial charge < -0.3 is 10.1 Å². The van der Waals surface area contributed by atoms with Crippen molar-refractivity contribution in [2.24, 2.45) is 0 Å². The molecule has 0 bridgehead atoms. The van der Waals surface area contributed by atoms with Gasteiger partial charge in [0.25, 0.3) is 0 Å². The number of hydrogen-bond donors (Lipinski definition) is 1. The fourth-order valence-corrected chi connectivity index (χ4v) is 2.31. The molecule has 2 aliphatic rings. The highest BCUT2D eigenvalue weighted by Crippen LogP contribution is 2.03. The van der Waals surface area contributed by atoms with Crippen LogP contribution in [-0.4, -0.2) is 74.9 Å². The minimum absolute atomic E-state index is 0. The summed E-state index contributed by atoms with van der Waals surface area (Å²) >= 11 is 0. The van der Waals surface area contributed by atoms with Crippen LogP contribution in [-0.2, 0) is 4.74 Å². The van der Waals surface area contributed by atoms with Gasteiger partial charge in [0, 0.05) is 51.9 Å². The highest BCUT2D eigenvalue weighted by atomic mass is 35.5. The lowest BCUT2D eigenvalue weighted by molar-refractivity contribution is 0.0300. The third-order valence-corrected chi connectivity index (χ3v) is 3.45. The van der Waals surface area contributed by atoms with Gasteiger partial charge in [0.2, 0.25) is 0 Å². The van der Waals surface area contributed by atoms with Gasteiger partial charge in [-0.15, -0.1) is 24.8 Å². The zero-order valence-electron chi connectivity index (χ0n) is 10.6. The maximum absolute atomic E-state index is 5.35. The molecule has 2 saturated heterocycles. The third-order valence-electron chi connectivity index (χ3n) is 3.45. The number of halogens is 2. The normalized spacial score (nSPS) is 27.0. The van der Waals surface area contributed by atoms with E-state index in [-0.39, 0.29) is 24.8 Å². The van der Waals surface area contributed by atoms with Gasteiger partial charge >= 0.3 is 0 Å². The second-order valence-electron chi connectivity index (χ2n) is 4.54. The Morgan fingerprint density at radius 2 is 1.82 bits per heavy atom. The first kappa shape index (κ1) is 17.4. The fraction of sp³-hybridized carbons (Fsp3) is 1.00. The van der Waals surface area contributed by atoms with Gasteiger partial charge in [-0.1, -0.05) is 0 Å². The van der Waals surface area contributed by atoms with Crippen LogP contribution in [0.5, 0.6) is 0 Å². The number of hydrogen-bond acceptors (Lipinski definition) is 4. The Kier molecular flexibility index (Phi) is 9.59. The predicted molar refractivity (Wildman–Crippen MR) is 75.7 cm³/mol. The molecule has 0 saturated carbocycles. The standard InChI is InChI=1S/C11H23N3O.2ClH/c1-11-10-12-2-3-14(11)5-4-13-6-8-15-9-7-13;;/h11-12H,2-10H2,1H3;2*1H/t11-;;/m0../s1. The van der Waals surface area contributed by atoms with E-state index in [1.807, 2.05) is 0 Å². The molecule has 104 valence electrons. The lowest BCUT2D eigenvalue weighted by Gasteiger charge is -2.36. The number of piperazine rings is 1. The Morgan fingerprint density at radius 1 is 1.12 bits per heavy atom. The molecule has 0 aromatic heterocycles. The summed E-state index contributed by atoms with van der Waals surface area (Å²) in [7, 11) is 0. The molecule has 1 atom stereocenters. The molecule has 0 aliphatic carbocycles. The van der Waals surface area contributed by atoms with Crippen molar-refractivity contribution >= 4 is 24.8 Å². The van der Waals surface area contributed by atoms with Crippen molar-refractivity contribution in [1.82, 2.24) is 15.1 Å². The molecule has 2 rings (SSSR count). The molecule has 2 fully saturated rings. The summed E-state index contributed by atoms with van der Waals surface area (Å²) in [4.78, 5) is 5.10. The summed E-state index contributed by atoms with van der Waals surface area (Å²) in [6.45, 7) is 12.3. The second-order valence-corrected chi connectivity index (χ2v) is 4.54. The summed E-state index contributed by atoms with van der Waals surface area (Å²) in [6, 6.07) is 0.694. The van der Waals surface area contributed by atoms with Crippen LogP contribution in [0.3, 0.4) is 0 Å². The van der Waals surface area contributed by atoms with Crippen LogP contribution in [0.25, 0.3) is 0 Å². The van der Waals surface area contributed by atoms with E-state index in [9.17, 15) is 0 Å². The highest BCUT2D eigenvalue weighted by Gasteiger charge is 2.18. The zero-order chi connectivity index (χ0) is 10.5. The molecule has 17 heavy (non-hydrogen) atoms. The largest absolute Gasteiger partial charge is 0.379 e. The molecular weight excluding hydrogens is 261 g/mol. The predicted octanol–water partition coefficient (Wildman–Crippen LogP) is 0.456. The van der Waals surface area contributed by atoms with Gasteiger partial charge in [-0.05, 0) is 6.92 Å². The average molecular weight is 286 g/mol. The minimum Gasteiger partial charge on any atom is -0.379 e. The molecule has 4 nitrogen and oxygen atoms in total. The summed E-state index contributed by atoms with van der Waals surface area (Å²) in [5.74, 6) is 0. The summed E-state index contributed by atoms with van der Waals surface area (Å²) in [5, 5.41) is 3.43. The van der Waals surface area contributed by atoms with Crippen LogP contribution < -0.4 is 5.32 Å². The van der Waals surface area contributed by atoms with Crippen LogP contribution in [0.2, 0.25) is 0 Å². The number of morpholine rings is 1. The van der Waals surface area contributed by atoms with Crippen molar-refractivity contribution < 1.29 is 4.74 Å². The number of ether oxygens (including phenoxy) is 1. The van der Waals surface area contributed by atoms with Crippen LogP contribution in [0.15, 0.2) is 0 Å². The number of rotatable bonds is 3. The SMILES string of the molecule is C[C@H]1CNCCN1CCN1CCOCC1.Cl.Cl. The van der Waals surface area contributed by atoms with Gasteiger partial charge in [-0.3, -0.25) is 9.80 Å². The smallest absolute Gasteiger partial charge is 0.0594 e. The van der Waals surface area contributed by atoms with Crippen LogP contribution >= 0.6 is 24.8 Å². The molecule has 0 radical (unpaired) electrons. The van der Waals surface area contributed by atoms with Crippen molar-refractivity contribution in [3.63, 3.8) is 0 Å². The van der Waals surface area contributed by atoms with E-state index in [2.05, 4.69) is 22.0 Å². The molecule has 0 unspecified atom stereocenters. The van der Waals surface area contributed by atoms with Crippen LogP contribution in [0.1, 0.15) is 6.92 Å². The maximum atomic E-state index is 5.35. The Balaban J connectivity index is 0.00000128. The summed E-state index contributed by atoms with van der Waals surface area (Å²) in [5.41, 5.74) is 0. The monoisotopic (exact) mass is 285 g/mol. The van der Waals surface area contributed by atoms with Crippen molar-refractivity contribution in [3.05, 3.63) is 0 Å². The summed E-state index contributed by atoms with van der Waals surface area (Å²) in [6.07, 6.45) is 0. The van der Waals surface area contributed by atoms with Crippen molar-refractivity contribution in [3.8, 4) is 0 Å². The van der Waals surface area contributed by atoms with Crippen molar-refractivity contribution in [1.29, 1.82) is 0 Å². The lowest BCUT2D eigenvalue weighted by atomic mass is 10.2. The van der Waals surface area contributed by atoms with Gasteiger partial charge in [-0.25, -0.2) is 0 Å². The molecule has 2 heterocycles. The van der Waals surface area contributed by atoms with Gasteiger partial charge in [0.15, 0.2) is 0 Å². The average Bonchev–Trinajstić information content (AvgIpc) is 2.29. The molecule has 1 N–H and O–H groups in total. The van der Waals surface area contributed by atoms with E-state index in [0.717, 1.165) is 39.4 Å². The van der Waals surface area contributed by atoms with E-state index in [1.165, 1.54) is 19.6 Å². The molecule has 6 heteroatoms. The van der Waals surface area contributed by atoms with E-state index in [0.29, 0.717) is 6.04 Å². The quantitative estimate of drug-likeness (QED) is 0.815. The Morgan fingerprint density at radius 3 is 2.47 bits per heavy atom. The molecular formula is C11H25Cl2N3O. The minimum atomic E-state index is 0. The van der Waals surface area contributed by atoms with E-state index < -0.39 is 0 Å². The van der Waals surface area contributed by atoms with E-state index >= 15 is 0 Å². The van der Waals surface area contributed by atoms with Gasteiger partial charge in [-0.2, -0.15) is 0 Å². The number of nitrogens with zero attached hydrogens (tertiary/aromatic N) is 2. The molecule has 0 amide bonds. The van der Waals surface area contributed by atoms with Crippen molar-refractivity contribution in [2.45, 2.75) is 13.0 Å². The molecule has 0 spiro atoms. The van der Waals surface area contributed by atoms with E-state index in [4.69, 9.17) is 4.74 Å². The number of nitrogens with one attached hydrogen (secondary N) is 1. The zero-order valence-corrected chi connectivity index (χ0v) is 12.2. The van der Waals surface area contributed by atoms with Crippen molar-refractivity contribution in [2.75, 3.05) is 59.0 Å². The Labute approximate surface area is 117 Å². The van der Waals surface area contributed by atoms with Gasteiger partial charge in [0.1, 0.15) is 0 Å². The van der Waals surface area contributed by atoms with E-state index in [1.54, 1.807) is 0 Å². The Hall–Kier alpha value is 0.420. The second kappa shape index (κ2) is 9.36. The first-order valence-corrected chi connectivity index (χ1v) is 6.11.